The summed E-state index contributed by atoms with van der Waals surface area (Å²) in [6.45, 7) is 0.869. The van der Waals surface area contributed by atoms with Crippen molar-refractivity contribution in [2.75, 3.05) is 12.3 Å². The molecule has 3 nitrogen and oxygen atoms in total. The van der Waals surface area contributed by atoms with Gasteiger partial charge in [0.15, 0.2) is 0 Å². The van der Waals surface area contributed by atoms with Crippen LogP contribution in [0.2, 0.25) is 0 Å². The molecule has 2 aliphatic carbocycles. The predicted octanol–water partition coefficient (Wildman–Crippen LogP) is 4.33. The van der Waals surface area contributed by atoms with Crippen LogP contribution in [0.1, 0.15) is 51.4 Å². The molecule has 1 amide bonds. The van der Waals surface area contributed by atoms with Gasteiger partial charge in [0.1, 0.15) is 0 Å². The quantitative estimate of drug-likeness (QED) is 0.774. The number of aliphatic imine (C=N–C) groups is 1. The van der Waals surface area contributed by atoms with Gasteiger partial charge >= 0.3 is 0 Å². The fraction of sp³-hybridized carbons (Fsp3) is 0.700. The van der Waals surface area contributed by atoms with Crippen molar-refractivity contribution < 1.29 is 4.79 Å². The fourth-order valence-electron chi connectivity index (χ4n) is 4.83. The first kappa shape index (κ1) is 19.0. The number of rotatable bonds is 2. The summed E-state index contributed by atoms with van der Waals surface area (Å²) >= 11 is 1.93. The van der Waals surface area contributed by atoms with E-state index in [-0.39, 0.29) is 23.1 Å². The molecule has 0 aromatic rings. The van der Waals surface area contributed by atoms with Crippen molar-refractivity contribution in [3.63, 3.8) is 0 Å². The van der Waals surface area contributed by atoms with Gasteiger partial charge in [-0.25, -0.2) is 0 Å². The van der Waals surface area contributed by atoms with Crippen LogP contribution in [-0.2, 0) is 4.79 Å². The van der Waals surface area contributed by atoms with Gasteiger partial charge in [-0.1, -0.05) is 50.3 Å². The Morgan fingerprint density at radius 3 is 2.68 bits per heavy atom. The third-order valence-electron chi connectivity index (χ3n) is 6.16. The molecule has 0 aromatic heterocycles. The van der Waals surface area contributed by atoms with Gasteiger partial charge in [-0.05, 0) is 31.3 Å². The van der Waals surface area contributed by atoms with Gasteiger partial charge in [0.25, 0.3) is 0 Å². The van der Waals surface area contributed by atoms with Crippen LogP contribution in [0.15, 0.2) is 29.3 Å². The van der Waals surface area contributed by atoms with Gasteiger partial charge in [-0.15, -0.1) is 24.2 Å². The highest BCUT2D eigenvalue weighted by Gasteiger charge is 2.54. The number of amides is 1. The van der Waals surface area contributed by atoms with E-state index < -0.39 is 0 Å². The van der Waals surface area contributed by atoms with E-state index in [1.165, 1.54) is 37.8 Å². The van der Waals surface area contributed by atoms with Crippen molar-refractivity contribution in [2.24, 2.45) is 16.8 Å². The number of carbonyl (C=O) groups excluding carboxylic acids is 1. The first-order chi connectivity index (χ1) is 11.8. The molecule has 1 N–H and O–H groups in total. The summed E-state index contributed by atoms with van der Waals surface area (Å²) in [5, 5.41) is 3.42. The van der Waals surface area contributed by atoms with Crippen LogP contribution in [0.3, 0.4) is 0 Å². The Balaban J connectivity index is 0.00000182. The van der Waals surface area contributed by atoms with E-state index >= 15 is 0 Å². The zero-order valence-electron chi connectivity index (χ0n) is 14.8. The molecule has 3 atom stereocenters. The van der Waals surface area contributed by atoms with Crippen LogP contribution in [0.5, 0.6) is 0 Å². The number of halogens is 1. The van der Waals surface area contributed by atoms with Crippen LogP contribution >= 0.6 is 24.2 Å². The first-order valence-corrected chi connectivity index (χ1v) is 10.6. The summed E-state index contributed by atoms with van der Waals surface area (Å²) in [6, 6.07) is 0.401. The van der Waals surface area contributed by atoms with Gasteiger partial charge in [0.05, 0.1) is 16.4 Å². The smallest absolute Gasteiger partial charge is 0.224 e. The molecule has 2 aliphatic heterocycles. The largest absolute Gasteiger partial charge is 0.353 e. The summed E-state index contributed by atoms with van der Waals surface area (Å²) in [4.78, 5) is 17.8. The normalized spacial score (nSPS) is 34.8. The molecule has 0 bridgehead atoms. The maximum absolute atomic E-state index is 13.0. The fourth-order valence-corrected chi connectivity index (χ4v) is 6.62. The molecular weight excluding hydrogens is 352 g/mol. The summed E-state index contributed by atoms with van der Waals surface area (Å²) in [5.74, 6) is 1.78. The number of allylic oxidation sites excluding steroid dienone is 3. The van der Waals surface area contributed by atoms with E-state index in [9.17, 15) is 4.79 Å². The summed E-state index contributed by atoms with van der Waals surface area (Å²) < 4.78 is -0.0318. The number of hydrogen-bond acceptors (Lipinski definition) is 3. The summed E-state index contributed by atoms with van der Waals surface area (Å²) in [7, 11) is 0. The number of nitrogens with one attached hydrogen (secondary N) is 1. The molecule has 0 radical (unpaired) electrons. The van der Waals surface area contributed by atoms with Crippen molar-refractivity contribution in [1.82, 2.24) is 5.32 Å². The standard InChI is InChI=1S/C20H28N2OS.ClH/c23-19(22-15-8-4-2-1-3-5-9-15)16-14-24-20-12-7-6-10-18(20)21-13-11-17(16)20;/h6-7,10,12,15-17H,1-5,8-9,11,13-14H2,(H,22,23);1H. The van der Waals surface area contributed by atoms with E-state index in [0.29, 0.717) is 17.9 Å². The Kier molecular flexibility index (Phi) is 6.32. The van der Waals surface area contributed by atoms with Crippen LogP contribution < -0.4 is 5.32 Å². The van der Waals surface area contributed by atoms with Crippen molar-refractivity contribution in [1.29, 1.82) is 0 Å². The summed E-state index contributed by atoms with van der Waals surface area (Å²) in [5.41, 5.74) is 1.19. The van der Waals surface area contributed by atoms with Crippen molar-refractivity contribution in [3.05, 3.63) is 24.3 Å². The first-order valence-electron chi connectivity index (χ1n) is 9.65. The van der Waals surface area contributed by atoms with Crippen molar-refractivity contribution in [2.45, 2.75) is 62.2 Å². The average molecular weight is 381 g/mol. The van der Waals surface area contributed by atoms with Gasteiger partial charge in [-0.3, -0.25) is 9.79 Å². The molecule has 1 saturated heterocycles. The van der Waals surface area contributed by atoms with Crippen LogP contribution in [0, 0.1) is 11.8 Å². The molecule has 1 saturated carbocycles. The highest BCUT2D eigenvalue weighted by molar-refractivity contribution is 8.02. The number of nitrogens with zero attached hydrogens (tertiary/aromatic N) is 1. The molecule has 5 heteroatoms. The maximum atomic E-state index is 13.0. The van der Waals surface area contributed by atoms with Crippen LogP contribution in [0.4, 0.5) is 0 Å². The Morgan fingerprint density at radius 2 is 1.88 bits per heavy atom. The second-order valence-corrected chi connectivity index (χ2v) is 8.94. The lowest BCUT2D eigenvalue weighted by atomic mass is 9.74. The number of thioether (sulfide) groups is 1. The van der Waals surface area contributed by atoms with Gasteiger partial charge in [-0.2, -0.15) is 0 Å². The zero-order valence-corrected chi connectivity index (χ0v) is 16.4. The van der Waals surface area contributed by atoms with Crippen molar-refractivity contribution in [3.8, 4) is 0 Å². The summed E-state index contributed by atoms with van der Waals surface area (Å²) in [6.07, 6.45) is 18.6. The maximum Gasteiger partial charge on any atom is 0.224 e. The van der Waals surface area contributed by atoms with Crippen molar-refractivity contribution >= 4 is 35.8 Å². The lowest BCUT2D eigenvalue weighted by Crippen LogP contribution is -2.48. The molecule has 4 aliphatic rings. The van der Waals surface area contributed by atoms with E-state index in [1.54, 1.807) is 0 Å². The van der Waals surface area contributed by atoms with E-state index in [1.807, 2.05) is 11.8 Å². The van der Waals surface area contributed by atoms with Crippen LogP contribution in [0.25, 0.3) is 0 Å². The molecule has 4 rings (SSSR count). The Bertz CT molecular complexity index is 580. The number of carbonyl (C=O) groups is 1. The van der Waals surface area contributed by atoms with Crippen LogP contribution in [-0.4, -0.2) is 34.7 Å². The molecule has 3 unspecified atom stereocenters. The average Bonchev–Trinajstić information content (AvgIpc) is 2.95. The van der Waals surface area contributed by atoms with Gasteiger partial charge in [0, 0.05) is 18.3 Å². The highest BCUT2D eigenvalue weighted by atomic mass is 35.5. The SMILES string of the molecule is Cl.O=C(NC1CCCCCCC1)C1CSC23C=CC=CC2=NCCC13. The number of hydrogen-bond donors (Lipinski definition) is 1. The lowest BCUT2D eigenvalue weighted by molar-refractivity contribution is -0.126. The molecular formula is C20H29ClN2OS. The second kappa shape index (κ2) is 8.30. The van der Waals surface area contributed by atoms with E-state index in [2.05, 4.69) is 29.6 Å². The Morgan fingerprint density at radius 1 is 1.12 bits per heavy atom. The minimum atomic E-state index is -0.0318. The molecule has 25 heavy (non-hydrogen) atoms. The van der Waals surface area contributed by atoms with E-state index in [4.69, 9.17) is 4.99 Å². The van der Waals surface area contributed by atoms with E-state index in [0.717, 1.165) is 31.6 Å². The second-order valence-electron chi connectivity index (χ2n) is 7.64. The molecule has 138 valence electrons. The Hall–Kier alpha value is -0.740. The highest BCUT2D eigenvalue weighted by Crippen LogP contribution is 2.52. The van der Waals surface area contributed by atoms with Gasteiger partial charge in [0.2, 0.25) is 5.91 Å². The molecule has 1 spiro atoms. The lowest BCUT2D eigenvalue weighted by Gasteiger charge is -2.38. The minimum Gasteiger partial charge on any atom is -0.353 e. The third kappa shape index (κ3) is 3.71. The topological polar surface area (TPSA) is 41.5 Å². The zero-order chi connectivity index (χ0) is 16.4. The molecule has 2 fully saturated rings. The molecule has 2 heterocycles. The predicted molar refractivity (Wildman–Crippen MR) is 109 cm³/mol. The Labute approximate surface area is 161 Å². The monoisotopic (exact) mass is 380 g/mol. The minimum absolute atomic E-state index is 0. The molecule has 0 aromatic carbocycles. The third-order valence-corrected chi connectivity index (χ3v) is 7.81. The van der Waals surface area contributed by atoms with Gasteiger partial charge < -0.3 is 5.32 Å².